The van der Waals surface area contributed by atoms with Crippen molar-refractivity contribution < 1.29 is 9.18 Å². The molecular weight excluding hydrogens is 696 g/mol. The van der Waals surface area contributed by atoms with Gasteiger partial charge in [-0.1, -0.05) is 160 Å². The van der Waals surface area contributed by atoms with Crippen LogP contribution in [0, 0.1) is 49.9 Å². The zero-order valence-electron chi connectivity index (χ0n) is 38.5. The van der Waals surface area contributed by atoms with Gasteiger partial charge in [-0.15, -0.1) is 6.42 Å². The van der Waals surface area contributed by atoms with Gasteiger partial charge in [0, 0.05) is 16.9 Å². The molecule has 1 nitrogen and oxygen atoms in total. The maximum Gasteiger partial charge on any atom is 0.130 e. The van der Waals surface area contributed by atoms with Crippen molar-refractivity contribution in [3.05, 3.63) is 123 Å². The van der Waals surface area contributed by atoms with Crippen molar-refractivity contribution in [3.63, 3.8) is 0 Å². The number of hydrogen-bond acceptors (Lipinski definition) is 1. The molecule has 1 aliphatic rings. The standard InChI is InChI=1S/C34H50O.C21H29F/c1-8-10-11-12-13-14-15-16-19-29-21-22-30(28(6)27(29)5)24-32(26(3)4)33(9-2)34(7)23-18-17-20-31(34)25-35;1-9-17(12-11-16(3)20(4,5)6)19-14-18(21(7,8)22)13-10-15(19)2/h2,21-22,25,31H,3,8,10-20,23-24H2,1,4-7H3;9-14H,3H2,1-2,4-8H3/b33-32+;12-11-,17-9+. The van der Waals surface area contributed by atoms with Gasteiger partial charge in [0.2, 0.25) is 0 Å². The number of rotatable bonds is 18. The van der Waals surface area contributed by atoms with Crippen LogP contribution in [0.15, 0.2) is 84.0 Å². The summed E-state index contributed by atoms with van der Waals surface area (Å²) < 4.78 is 14.2. The molecule has 0 amide bonds. The Morgan fingerprint density at radius 1 is 0.912 bits per heavy atom. The Hall–Kier alpha value is -3.70. The first-order valence-electron chi connectivity index (χ1n) is 22.0. The van der Waals surface area contributed by atoms with Crippen LogP contribution in [0.5, 0.6) is 0 Å². The van der Waals surface area contributed by atoms with Crippen LogP contribution < -0.4 is 0 Å². The highest BCUT2D eigenvalue weighted by atomic mass is 19.1. The monoisotopic (exact) mass is 775 g/mol. The molecule has 0 spiro atoms. The normalized spacial score (nSPS) is 18.0. The van der Waals surface area contributed by atoms with E-state index in [1.54, 1.807) is 13.8 Å². The molecule has 2 unspecified atom stereocenters. The highest BCUT2D eigenvalue weighted by molar-refractivity contribution is 5.76. The number of benzene rings is 2. The molecule has 2 heteroatoms. The van der Waals surface area contributed by atoms with Gasteiger partial charge in [-0.2, -0.15) is 0 Å². The van der Waals surface area contributed by atoms with Crippen LogP contribution in [-0.2, 0) is 23.3 Å². The highest BCUT2D eigenvalue weighted by Crippen LogP contribution is 2.47. The minimum atomic E-state index is -1.33. The Labute approximate surface area is 350 Å². The van der Waals surface area contributed by atoms with Crippen LogP contribution in [0.4, 0.5) is 4.39 Å². The first-order chi connectivity index (χ1) is 26.8. The number of unbranched alkanes of at least 4 members (excludes halogenated alkanes) is 7. The Bertz CT molecular complexity index is 1790. The summed E-state index contributed by atoms with van der Waals surface area (Å²) in [5.74, 6) is 3.03. The van der Waals surface area contributed by atoms with E-state index in [0.29, 0.717) is 5.56 Å². The van der Waals surface area contributed by atoms with Crippen molar-refractivity contribution in [3.8, 4) is 12.3 Å². The lowest BCUT2D eigenvalue weighted by Crippen LogP contribution is -2.34. The number of carbonyl (C=O) groups is 1. The number of carbonyl (C=O) groups excluding carboxylic acids is 1. The Morgan fingerprint density at radius 2 is 1.51 bits per heavy atom. The van der Waals surface area contributed by atoms with Crippen molar-refractivity contribution in [1.82, 2.24) is 0 Å². The fraction of sp³-hybridized carbons (Fsp3) is 0.545. The van der Waals surface area contributed by atoms with Gasteiger partial charge < -0.3 is 4.79 Å². The molecule has 0 aliphatic heterocycles. The van der Waals surface area contributed by atoms with Crippen LogP contribution >= 0.6 is 0 Å². The molecule has 0 aromatic heterocycles. The third-order valence-electron chi connectivity index (χ3n) is 12.6. The average Bonchev–Trinajstić information content (AvgIpc) is 3.15. The van der Waals surface area contributed by atoms with E-state index >= 15 is 0 Å². The van der Waals surface area contributed by atoms with Gasteiger partial charge in [0.25, 0.3) is 0 Å². The summed E-state index contributed by atoms with van der Waals surface area (Å²) in [6.45, 7) is 33.2. The molecular formula is C55H79FO. The van der Waals surface area contributed by atoms with Gasteiger partial charge in [0.1, 0.15) is 12.0 Å². The first kappa shape index (κ1) is 49.4. The lowest BCUT2D eigenvalue weighted by atomic mass is 9.62. The summed E-state index contributed by atoms with van der Waals surface area (Å²) in [4.78, 5) is 12.0. The predicted molar refractivity (Wildman–Crippen MR) is 249 cm³/mol. The molecule has 1 aliphatic carbocycles. The summed E-state index contributed by atoms with van der Waals surface area (Å²) in [5, 5.41) is 0. The van der Waals surface area contributed by atoms with Crippen LogP contribution in [0.25, 0.3) is 5.57 Å². The van der Waals surface area contributed by atoms with Crippen molar-refractivity contribution in [1.29, 1.82) is 0 Å². The molecule has 0 N–H and O–H groups in total. The number of hydrogen-bond donors (Lipinski definition) is 0. The molecule has 0 radical (unpaired) electrons. The quantitative estimate of drug-likeness (QED) is 0.0638. The zero-order valence-corrected chi connectivity index (χ0v) is 38.5. The van der Waals surface area contributed by atoms with Crippen LogP contribution in [-0.4, -0.2) is 6.29 Å². The Balaban J connectivity index is 0.000000438. The molecule has 0 saturated heterocycles. The largest absolute Gasteiger partial charge is 0.303 e. The van der Waals surface area contributed by atoms with E-state index in [2.05, 4.69) is 112 Å². The highest BCUT2D eigenvalue weighted by Gasteiger charge is 2.40. The van der Waals surface area contributed by atoms with Crippen LogP contribution in [0.1, 0.15) is 178 Å². The molecule has 3 rings (SSSR count). The Kier molecular flexibility index (Phi) is 20.0. The smallest absolute Gasteiger partial charge is 0.130 e. The SMILES string of the molecule is C#C/C(=C(/Cc1ccc(CCCCCCCCCC)c(C)c1C)C(=C)C)C1(C)CCCCC1C=O.C=C(/C=C\C(=C/C)c1cc(C(C)(C)F)ccc1C)C(C)(C)C. The van der Waals surface area contributed by atoms with Gasteiger partial charge in [-0.3, -0.25) is 0 Å². The summed E-state index contributed by atoms with van der Waals surface area (Å²) in [5.41, 5.74) is 12.3. The van der Waals surface area contributed by atoms with E-state index in [1.807, 2.05) is 25.1 Å². The second-order valence-corrected chi connectivity index (χ2v) is 18.6. The molecule has 1 fully saturated rings. The molecule has 2 atom stereocenters. The third kappa shape index (κ3) is 14.6. The topological polar surface area (TPSA) is 17.1 Å². The second-order valence-electron chi connectivity index (χ2n) is 18.6. The minimum Gasteiger partial charge on any atom is -0.303 e. The number of aryl methyl sites for hydroxylation is 2. The maximum absolute atomic E-state index is 14.2. The van der Waals surface area contributed by atoms with E-state index in [0.717, 1.165) is 77.4 Å². The number of terminal acetylenes is 1. The van der Waals surface area contributed by atoms with E-state index in [9.17, 15) is 9.18 Å². The van der Waals surface area contributed by atoms with E-state index in [-0.39, 0.29) is 16.7 Å². The summed E-state index contributed by atoms with van der Waals surface area (Å²) >= 11 is 0. The summed E-state index contributed by atoms with van der Waals surface area (Å²) in [6, 6.07) is 10.4. The van der Waals surface area contributed by atoms with Gasteiger partial charge >= 0.3 is 0 Å². The second kappa shape index (κ2) is 23.0. The molecule has 2 aromatic rings. The lowest BCUT2D eigenvalue weighted by molar-refractivity contribution is -0.115. The molecule has 0 bridgehead atoms. The van der Waals surface area contributed by atoms with Gasteiger partial charge in [0.05, 0.1) is 0 Å². The third-order valence-corrected chi connectivity index (χ3v) is 12.6. The predicted octanol–water partition coefficient (Wildman–Crippen LogP) is 16.2. The molecule has 0 heterocycles. The molecule has 2 aromatic carbocycles. The summed E-state index contributed by atoms with van der Waals surface area (Å²) in [7, 11) is 0. The lowest BCUT2D eigenvalue weighted by Gasteiger charge is -2.40. The average molecular weight is 775 g/mol. The molecule has 57 heavy (non-hydrogen) atoms. The van der Waals surface area contributed by atoms with Crippen LogP contribution in [0.3, 0.4) is 0 Å². The van der Waals surface area contributed by atoms with Gasteiger partial charge in [-0.25, -0.2) is 4.39 Å². The van der Waals surface area contributed by atoms with Crippen LogP contribution in [0.2, 0.25) is 0 Å². The first-order valence-corrected chi connectivity index (χ1v) is 22.0. The van der Waals surface area contributed by atoms with Crippen molar-refractivity contribution in [2.24, 2.45) is 16.7 Å². The van der Waals surface area contributed by atoms with Gasteiger partial charge in [0.15, 0.2) is 0 Å². The fourth-order valence-electron chi connectivity index (χ4n) is 8.06. The number of halogens is 1. The summed E-state index contributed by atoms with van der Waals surface area (Å²) in [6.07, 6.45) is 30.4. The van der Waals surface area contributed by atoms with E-state index in [1.165, 1.54) is 80.0 Å². The van der Waals surface area contributed by atoms with Crippen molar-refractivity contribution >= 4 is 11.9 Å². The number of alkyl halides is 1. The minimum absolute atomic E-state index is 0.00601. The Morgan fingerprint density at radius 3 is 2.05 bits per heavy atom. The fourth-order valence-corrected chi connectivity index (χ4v) is 8.06. The number of allylic oxidation sites excluding steroid dienone is 8. The van der Waals surface area contributed by atoms with Crippen molar-refractivity contribution in [2.45, 2.75) is 179 Å². The maximum atomic E-state index is 14.2. The van der Waals surface area contributed by atoms with E-state index < -0.39 is 5.67 Å². The molecule has 1 saturated carbocycles. The van der Waals surface area contributed by atoms with Gasteiger partial charge in [-0.05, 0) is 148 Å². The van der Waals surface area contributed by atoms with E-state index in [4.69, 9.17) is 6.42 Å². The zero-order chi connectivity index (χ0) is 43.0. The van der Waals surface area contributed by atoms with Crippen molar-refractivity contribution in [2.75, 3.05) is 0 Å². The molecule has 312 valence electrons. The number of aldehydes is 1.